The molecular weight excluding hydrogens is 366 g/mol. The Morgan fingerprint density at radius 1 is 1.25 bits per heavy atom. The number of anilines is 2. The number of hydrogen-bond donors (Lipinski definition) is 1. The summed E-state index contributed by atoms with van der Waals surface area (Å²) in [5.74, 6) is 0.489. The van der Waals surface area contributed by atoms with Crippen molar-refractivity contribution in [1.82, 2.24) is 4.98 Å². The fourth-order valence-corrected chi connectivity index (χ4v) is 4.97. The molecule has 1 saturated heterocycles. The van der Waals surface area contributed by atoms with Gasteiger partial charge in [0.2, 0.25) is 5.91 Å². The lowest BCUT2D eigenvalue weighted by molar-refractivity contribution is -0.120. The molecular formula is C23H27N3OS. The summed E-state index contributed by atoms with van der Waals surface area (Å²) in [6.07, 6.45) is 1.94. The minimum atomic E-state index is -0.0114. The summed E-state index contributed by atoms with van der Waals surface area (Å²) in [6.45, 7) is 8.11. The molecule has 1 N–H and O–H groups in total. The van der Waals surface area contributed by atoms with Gasteiger partial charge in [0.1, 0.15) is 0 Å². The van der Waals surface area contributed by atoms with Crippen LogP contribution in [0, 0.1) is 12.8 Å². The highest BCUT2D eigenvalue weighted by Crippen LogP contribution is 2.32. The molecule has 2 heterocycles. The molecule has 5 heteroatoms. The van der Waals surface area contributed by atoms with Crippen LogP contribution in [0.25, 0.3) is 10.2 Å². The Hall–Kier alpha value is -2.40. The predicted molar refractivity (Wildman–Crippen MR) is 118 cm³/mol. The molecule has 1 unspecified atom stereocenters. The van der Waals surface area contributed by atoms with Crippen molar-refractivity contribution < 1.29 is 4.79 Å². The molecule has 2 aromatic carbocycles. The van der Waals surface area contributed by atoms with E-state index in [1.807, 2.05) is 18.2 Å². The summed E-state index contributed by atoms with van der Waals surface area (Å²) in [7, 11) is 0. The lowest BCUT2D eigenvalue weighted by Gasteiger charge is -2.32. The Morgan fingerprint density at radius 3 is 2.89 bits per heavy atom. The molecule has 1 aliphatic heterocycles. The molecule has 0 aliphatic carbocycles. The minimum absolute atomic E-state index is 0.0114. The quantitative estimate of drug-likeness (QED) is 0.629. The van der Waals surface area contributed by atoms with E-state index in [-0.39, 0.29) is 11.8 Å². The molecule has 1 amide bonds. The van der Waals surface area contributed by atoms with Gasteiger partial charge in [-0.2, -0.15) is 0 Å². The van der Waals surface area contributed by atoms with Crippen molar-refractivity contribution >= 4 is 38.3 Å². The average Bonchev–Trinajstić information content (AvgIpc) is 3.11. The summed E-state index contributed by atoms with van der Waals surface area (Å²) in [5, 5.41) is 4.21. The standard InChI is InChI=1S/C23H27N3OS/c1-15(2)18-8-4-5-9-19(18)24-22(27)17-7-6-12-26(14-17)23-25-20-11-10-16(3)13-21(20)28-23/h4-5,8-11,13,15,17H,6-7,12,14H2,1-3H3,(H,24,27). The Bertz CT molecular complexity index is 994. The van der Waals surface area contributed by atoms with Crippen molar-refractivity contribution in [1.29, 1.82) is 0 Å². The average molecular weight is 394 g/mol. The van der Waals surface area contributed by atoms with Crippen molar-refractivity contribution in [3.8, 4) is 0 Å². The van der Waals surface area contributed by atoms with Crippen LogP contribution in [0.4, 0.5) is 10.8 Å². The van der Waals surface area contributed by atoms with E-state index < -0.39 is 0 Å². The zero-order valence-electron chi connectivity index (χ0n) is 16.7. The number of piperidine rings is 1. The summed E-state index contributed by atoms with van der Waals surface area (Å²) in [4.78, 5) is 20.1. The van der Waals surface area contributed by atoms with E-state index >= 15 is 0 Å². The number of aryl methyl sites for hydroxylation is 1. The van der Waals surface area contributed by atoms with Crippen LogP contribution in [0.2, 0.25) is 0 Å². The zero-order chi connectivity index (χ0) is 19.7. The van der Waals surface area contributed by atoms with Crippen LogP contribution in [-0.4, -0.2) is 24.0 Å². The SMILES string of the molecule is Cc1ccc2nc(N3CCCC(C(=O)Nc4ccccc4C(C)C)C3)sc2c1. The minimum Gasteiger partial charge on any atom is -0.347 e. The van der Waals surface area contributed by atoms with Gasteiger partial charge in [0.15, 0.2) is 5.13 Å². The monoisotopic (exact) mass is 393 g/mol. The molecule has 0 bridgehead atoms. The number of nitrogens with zero attached hydrogens (tertiary/aromatic N) is 2. The first-order valence-corrected chi connectivity index (χ1v) is 10.8. The first-order valence-electron chi connectivity index (χ1n) is 10.0. The third kappa shape index (κ3) is 3.90. The molecule has 1 atom stereocenters. The van der Waals surface area contributed by atoms with Crippen molar-refractivity contribution in [2.24, 2.45) is 5.92 Å². The second-order valence-electron chi connectivity index (χ2n) is 7.98. The van der Waals surface area contributed by atoms with Gasteiger partial charge < -0.3 is 10.2 Å². The van der Waals surface area contributed by atoms with Crippen LogP contribution in [0.1, 0.15) is 43.7 Å². The van der Waals surface area contributed by atoms with Gasteiger partial charge in [-0.15, -0.1) is 0 Å². The highest BCUT2D eigenvalue weighted by atomic mass is 32.1. The van der Waals surface area contributed by atoms with Gasteiger partial charge in [-0.3, -0.25) is 4.79 Å². The van der Waals surface area contributed by atoms with Gasteiger partial charge in [-0.25, -0.2) is 4.98 Å². The number of rotatable bonds is 4. The van der Waals surface area contributed by atoms with Crippen LogP contribution in [0.15, 0.2) is 42.5 Å². The van der Waals surface area contributed by atoms with Crippen molar-refractivity contribution in [3.63, 3.8) is 0 Å². The molecule has 0 spiro atoms. The lowest BCUT2D eigenvalue weighted by Crippen LogP contribution is -2.40. The molecule has 146 valence electrons. The van der Waals surface area contributed by atoms with Crippen LogP contribution in [0.3, 0.4) is 0 Å². The number of carbonyl (C=O) groups is 1. The second kappa shape index (κ2) is 7.92. The van der Waals surface area contributed by atoms with E-state index in [4.69, 9.17) is 4.98 Å². The number of thiazole rings is 1. The predicted octanol–water partition coefficient (Wildman–Crippen LogP) is 5.58. The third-order valence-electron chi connectivity index (χ3n) is 5.44. The van der Waals surface area contributed by atoms with Crippen LogP contribution in [-0.2, 0) is 4.79 Å². The summed E-state index contributed by atoms with van der Waals surface area (Å²) in [6, 6.07) is 14.5. The van der Waals surface area contributed by atoms with Gasteiger partial charge in [-0.1, -0.05) is 49.4 Å². The summed E-state index contributed by atoms with van der Waals surface area (Å²) >= 11 is 1.73. The molecule has 4 rings (SSSR count). The highest BCUT2D eigenvalue weighted by Gasteiger charge is 2.28. The van der Waals surface area contributed by atoms with Crippen LogP contribution >= 0.6 is 11.3 Å². The lowest BCUT2D eigenvalue weighted by atomic mass is 9.96. The normalized spacial score (nSPS) is 17.3. The molecule has 3 aromatic rings. The topological polar surface area (TPSA) is 45.2 Å². The van der Waals surface area contributed by atoms with Gasteiger partial charge in [-0.05, 0) is 55.0 Å². The number of para-hydroxylation sites is 1. The van der Waals surface area contributed by atoms with Crippen molar-refractivity contribution in [2.75, 3.05) is 23.3 Å². The first kappa shape index (κ1) is 18.9. The molecule has 1 fully saturated rings. The highest BCUT2D eigenvalue weighted by molar-refractivity contribution is 7.22. The Kier molecular flexibility index (Phi) is 5.36. The van der Waals surface area contributed by atoms with Crippen LogP contribution in [0.5, 0.6) is 0 Å². The smallest absolute Gasteiger partial charge is 0.229 e. The first-order chi connectivity index (χ1) is 13.5. The number of nitrogens with one attached hydrogen (secondary N) is 1. The maximum Gasteiger partial charge on any atom is 0.229 e. The molecule has 1 aliphatic rings. The maximum atomic E-state index is 13.0. The van der Waals surface area contributed by atoms with Gasteiger partial charge in [0.05, 0.1) is 16.1 Å². The fourth-order valence-electron chi connectivity index (χ4n) is 3.87. The summed E-state index contributed by atoms with van der Waals surface area (Å²) in [5.41, 5.74) is 4.42. The fraction of sp³-hybridized carbons (Fsp3) is 0.391. The second-order valence-corrected chi connectivity index (χ2v) is 8.99. The van der Waals surface area contributed by atoms with E-state index in [9.17, 15) is 4.79 Å². The van der Waals surface area contributed by atoms with E-state index in [0.29, 0.717) is 5.92 Å². The van der Waals surface area contributed by atoms with Gasteiger partial charge in [0.25, 0.3) is 0 Å². The third-order valence-corrected chi connectivity index (χ3v) is 6.51. The molecule has 4 nitrogen and oxygen atoms in total. The molecule has 0 radical (unpaired) electrons. The van der Waals surface area contributed by atoms with E-state index in [2.05, 4.69) is 55.3 Å². The van der Waals surface area contributed by atoms with E-state index in [1.165, 1.54) is 15.8 Å². The largest absolute Gasteiger partial charge is 0.347 e. The van der Waals surface area contributed by atoms with E-state index in [1.54, 1.807) is 11.3 Å². The molecule has 28 heavy (non-hydrogen) atoms. The number of carbonyl (C=O) groups excluding carboxylic acids is 1. The number of fused-ring (bicyclic) bond motifs is 1. The summed E-state index contributed by atoms with van der Waals surface area (Å²) < 4.78 is 1.22. The van der Waals surface area contributed by atoms with Crippen molar-refractivity contribution in [2.45, 2.75) is 39.5 Å². The Morgan fingerprint density at radius 2 is 2.07 bits per heavy atom. The number of hydrogen-bond acceptors (Lipinski definition) is 4. The number of aromatic nitrogens is 1. The Balaban J connectivity index is 1.49. The Labute approximate surface area is 170 Å². The molecule has 1 aromatic heterocycles. The maximum absolute atomic E-state index is 13.0. The molecule has 0 saturated carbocycles. The van der Waals surface area contributed by atoms with Gasteiger partial charge >= 0.3 is 0 Å². The number of amides is 1. The van der Waals surface area contributed by atoms with E-state index in [0.717, 1.165) is 42.3 Å². The van der Waals surface area contributed by atoms with Crippen molar-refractivity contribution in [3.05, 3.63) is 53.6 Å². The zero-order valence-corrected chi connectivity index (χ0v) is 17.6. The van der Waals surface area contributed by atoms with Crippen LogP contribution < -0.4 is 10.2 Å². The number of benzene rings is 2. The van der Waals surface area contributed by atoms with Gasteiger partial charge in [0, 0.05) is 18.8 Å².